The van der Waals surface area contributed by atoms with E-state index in [9.17, 15) is 31.1 Å². The van der Waals surface area contributed by atoms with Crippen molar-refractivity contribution in [2.24, 2.45) is 0 Å². The molecule has 176 valence electrons. The number of hydrogen-bond acceptors (Lipinski definition) is 2. The Balaban J connectivity index is 1.50. The van der Waals surface area contributed by atoms with Gasteiger partial charge in [-0.15, -0.1) is 0 Å². The fraction of sp³-hybridized carbons (Fsp3) is 0.130. The molecule has 2 heterocycles. The normalized spacial score (nSPS) is 12.1. The lowest BCUT2D eigenvalue weighted by molar-refractivity contribution is -0.143. The van der Waals surface area contributed by atoms with E-state index in [0.717, 1.165) is 16.8 Å². The second-order valence-corrected chi connectivity index (χ2v) is 7.50. The van der Waals surface area contributed by atoms with Crippen LogP contribution in [0.2, 0.25) is 0 Å². The molecule has 5 nitrogen and oxygen atoms in total. The van der Waals surface area contributed by atoms with Crippen molar-refractivity contribution in [3.8, 4) is 11.3 Å². The van der Waals surface area contributed by atoms with E-state index in [0.29, 0.717) is 17.8 Å². The lowest BCUT2D eigenvalue weighted by Gasteiger charge is -2.15. The molecule has 0 aliphatic rings. The summed E-state index contributed by atoms with van der Waals surface area (Å²) >= 11 is 0. The fourth-order valence-electron chi connectivity index (χ4n) is 3.34. The second kappa shape index (κ2) is 8.40. The number of halogens is 6. The highest BCUT2D eigenvalue weighted by Crippen LogP contribution is 2.37. The molecule has 0 spiro atoms. The highest BCUT2D eigenvalue weighted by atomic mass is 19.4. The van der Waals surface area contributed by atoms with Crippen LogP contribution in [-0.2, 0) is 12.4 Å². The fourth-order valence-corrected chi connectivity index (χ4v) is 3.34. The number of urea groups is 1. The van der Waals surface area contributed by atoms with Gasteiger partial charge in [0.05, 0.1) is 16.8 Å². The number of alkyl halides is 6. The van der Waals surface area contributed by atoms with Crippen LogP contribution < -0.4 is 10.6 Å². The summed E-state index contributed by atoms with van der Waals surface area (Å²) in [6, 6.07) is 10.1. The number of anilines is 2. The number of nitrogens with one attached hydrogen (secondary N) is 2. The number of amides is 2. The van der Waals surface area contributed by atoms with Crippen molar-refractivity contribution in [1.29, 1.82) is 0 Å². The van der Waals surface area contributed by atoms with E-state index in [2.05, 4.69) is 10.3 Å². The third-order valence-electron chi connectivity index (χ3n) is 4.96. The van der Waals surface area contributed by atoms with Crippen LogP contribution in [0.3, 0.4) is 0 Å². The van der Waals surface area contributed by atoms with Gasteiger partial charge in [0.2, 0.25) is 0 Å². The molecule has 34 heavy (non-hydrogen) atoms. The summed E-state index contributed by atoms with van der Waals surface area (Å²) in [6.07, 6.45) is -6.33. The van der Waals surface area contributed by atoms with Gasteiger partial charge in [0.15, 0.2) is 0 Å². The average molecular weight is 478 g/mol. The standard InChI is InChI=1S/C23H16F6N4O/c1-13-3-2-8-33-12-19(32-20(13)33)14-4-6-17(7-5-14)30-21(34)31-18-10-15(22(24,25)26)9-16(11-18)23(27,28)29/h2-12H,1H3,(H2,30,31,34). The number of carbonyl (C=O) groups is 1. The van der Waals surface area contributed by atoms with Gasteiger partial charge in [-0.1, -0.05) is 18.2 Å². The Kier molecular flexibility index (Phi) is 5.72. The molecule has 2 aromatic carbocycles. The molecular formula is C23H16F6N4O. The maximum absolute atomic E-state index is 13.0. The number of pyridine rings is 1. The lowest BCUT2D eigenvalue weighted by Crippen LogP contribution is -2.20. The molecule has 0 saturated carbocycles. The third kappa shape index (κ3) is 4.98. The van der Waals surface area contributed by atoms with Crippen molar-refractivity contribution in [1.82, 2.24) is 9.38 Å². The minimum Gasteiger partial charge on any atom is -0.308 e. The van der Waals surface area contributed by atoms with Crippen molar-refractivity contribution in [2.75, 3.05) is 10.6 Å². The van der Waals surface area contributed by atoms with Crippen LogP contribution in [0, 0.1) is 6.92 Å². The Morgan fingerprint density at radius 3 is 2.00 bits per heavy atom. The predicted molar refractivity (Wildman–Crippen MR) is 114 cm³/mol. The third-order valence-corrected chi connectivity index (χ3v) is 4.96. The summed E-state index contributed by atoms with van der Waals surface area (Å²) in [5.74, 6) is 0. The van der Waals surface area contributed by atoms with Crippen LogP contribution >= 0.6 is 0 Å². The lowest BCUT2D eigenvalue weighted by atomic mass is 10.1. The average Bonchev–Trinajstić information content (AvgIpc) is 3.18. The van der Waals surface area contributed by atoms with Gasteiger partial charge in [0.1, 0.15) is 5.65 Å². The van der Waals surface area contributed by atoms with Gasteiger partial charge >= 0.3 is 18.4 Å². The number of aryl methyl sites for hydroxylation is 1. The van der Waals surface area contributed by atoms with E-state index in [1.807, 2.05) is 41.2 Å². The predicted octanol–water partition coefficient (Wildman–Crippen LogP) is 6.99. The molecule has 0 fully saturated rings. The first-order valence-corrected chi connectivity index (χ1v) is 9.82. The van der Waals surface area contributed by atoms with Crippen molar-refractivity contribution in [2.45, 2.75) is 19.3 Å². The molecule has 2 aromatic heterocycles. The molecule has 4 rings (SSSR count). The molecule has 11 heteroatoms. The Labute approximate surface area is 189 Å². The number of rotatable bonds is 3. The van der Waals surface area contributed by atoms with Crippen LogP contribution in [-0.4, -0.2) is 15.4 Å². The minimum absolute atomic E-state index is 0.0113. The first-order chi connectivity index (χ1) is 15.9. The summed E-state index contributed by atoms with van der Waals surface area (Å²) in [5.41, 5.74) is -0.184. The van der Waals surface area contributed by atoms with Crippen LogP contribution in [0.4, 0.5) is 42.5 Å². The molecule has 0 saturated heterocycles. The quantitative estimate of drug-likeness (QED) is 0.312. The summed E-state index contributed by atoms with van der Waals surface area (Å²) < 4.78 is 79.8. The number of aromatic nitrogens is 2. The maximum Gasteiger partial charge on any atom is 0.416 e. The minimum atomic E-state index is -5.01. The summed E-state index contributed by atoms with van der Waals surface area (Å²) in [5, 5.41) is 4.40. The molecule has 0 radical (unpaired) electrons. The van der Waals surface area contributed by atoms with E-state index < -0.39 is 35.2 Å². The number of carbonyl (C=O) groups excluding carboxylic acids is 1. The molecule has 0 atom stereocenters. The maximum atomic E-state index is 13.0. The Hall–Kier alpha value is -4.02. The van der Waals surface area contributed by atoms with Gasteiger partial charge in [-0.3, -0.25) is 0 Å². The van der Waals surface area contributed by atoms with E-state index in [4.69, 9.17) is 0 Å². The summed E-state index contributed by atoms with van der Waals surface area (Å²) in [4.78, 5) is 16.8. The van der Waals surface area contributed by atoms with Crippen molar-refractivity contribution in [3.05, 3.63) is 83.7 Å². The number of benzene rings is 2. The first-order valence-electron chi connectivity index (χ1n) is 9.82. The zero-order valence-corrected chi connectivity index (χ0v) is 17.4. The van der Waals surface area contributed by atoms with Gasteiger partial charge in [-0.2, -0.15) is 26.3 Å². The number of imidazole rings is 1. The topological polar surface area (TPSA) is 58.4 Å². The largest absolute Gasteiger partial charge is 0.416 e. The Morgan fingerprint density at radius 1 is 0.853 bits per heavy atom. The number of hydrogen-bond donors (Lipinski definition) is 2. The van der Waals surface area contributed by atoms with Crippen molar-refractivity contribution >= 4 is 23.1 Å². The highest BCUT2D eigenvalue weighted by molar-refractivity contribution is 6.00. The van der Waals surface area contributed by atoms with E-state index >= 15 is 0 Å². The molecule has 0 bridgehead atoms. The smallest absolute Gasteiger partial charge is 0.308 e. The van der Waals surface area contributed by atoms with Crippen LogP contribution in [0.1, 0.15) is 16.7 Å². The molecular weight excluding hydrogens is 462 g/mol. The summed E-state index contributed by atoms with van der Waals surface area (Å²) in [7, 11) is 0. The van der Waals surface area contributed by atoms with Gasteiger partial charge in [-0.05, 0) is 48.9 Å². The van der Waals surface area contributed by atoms with Crippen LogP contribution in [0.5, 0.6) is 0 Å². The Bertz CT molecular complexity index is 1320. The molecule has 0 aliphatic carbocycles. The van der Waals surface area contributed by atoms with E-state index in [-0.39, 0.29) is 11.8 Å². The highest BCUT2D eigenvalue weighted by Gasteiger charge is 2.37. The summed E-state index contributed by atoms with van der Waals surface area (Å²) in [6.45, 7) is 1.93. The molecule has 2 amide bonds. The van der Waals surface area contributed by atoms with Crippen molar-refractivity contribution < 1.29 is 31.1 Å². The molecule has 0 aliphatic heterocycles. The van der Waals surface area contributed by atoms with Crippen LogP contribution in [0.15, 0.2) is 67.0 Å². The zero-order valence-electron chi connectivity index (χ0n) is 17.4. The SMILES string of the molecule is Cc1cccn2cc(-c3ccc(NC(=O)Nc4cc(C(F)(F)F)cc(C(F)(F)F)c4)cc3)nc12. The zero-order chi connectivity index (χ0) is 24.7. The number of nitrogens with zero attached hydrogens (tertiary/aromatic N) is 2. The van der Waals surface area contributed by atoms with Crippen LogP contribution in [0.25, 0.3) is 16.9 Å². The first kappa shape index (κ1) is 23.1. The monoisotopic (exact) mass is 478 g/mol. The molecule has 2 N–H and O–H groups in total. The van der Waals surface area contributed by atoms with Gasteiger partial charge < -0.3 is 15.0 Å². The van der Waals surface area contributed by atoms with Gasteiger partial charge in [0, 0.05) is 29.3 Å². The molecule has 4 aromatic rings. The van der Waals surface area contributed by atoms with E-state index in [1.54, 1.807) is 24.3 Å². The van der Waals surface area contributed by atoms with Gasteiger partial charge in [0.25, 0.3) is 0 Å². The molecule has 0 unspecified atom stereocenters. The number of fused-ring (bicyclic) bond motifs is 1. The van der Waals surface area contributed by atoms with Gasteiger partial charge in [-0.25, -0.2) is 9.78 Å². The van der Waals surface area contributed by atoms with E-state index in [1.165, 1.54) is 0 Å². The van der Waals surface area contributed by atoms with Crippen molar-refractivity contribution in [3.63, 3.8) is 0 Å². The Morgan fingerprint density at radius 2 is 1.44 bits per heavy atom. The second-order valence-electron chi connectivity index (χ2n) is 7.50.